The number of benzene rings is 4. The Hall–Kier alpha value is -3.62. The van der Waals surface area contributed by atoms with Crippen molar-refractivity contribution in [2.45, 2.75) is 150 Å². The van der Waals surface area contributed by atoms with E-state index >= 15 is 0 Å². The molecule has 5 rings (SSSR count). The van der Waals surface area contributed by atoms with Crippen molar-refractivity contribution >= 4 is 59.0 Å². The van der Waals surface area contributed by atoms with E-state index in [1.54, 1.807) is 0 Å². The highest BCUT2D eigenvalue weighted by Crippen LogP contribution is 2.55. The highest BCUT2D eigenvalue weighted by Gasteiger charge is 2.29. The fourth-order valence-corrected chi connectivity index (χ4v) is 10.0. The van der Waals surface area contributed by atoms with Crippen molar-refractivity contribution < 1.29 is 39.9 Å². The van der Waals surface area contributed by atoms with Gasteiger partial charge in [-0.05, 0) is 92.4 Å². The molecule has 0 amide bonds. The van der Waals surface area contributed by atoms with Crippen LogP contribution in [0.25, 0.3) is 0 Å². The van der Waals surface area contributed by atoms with Gasteiger partial charge in [0.15, 0.2) is 0 Å². The molecule has 0 unspecified atom stereocenters. The normalized spacial score (nSPS) is 13.3. The second kappa shape index (κ2) is 17.9. The Balaban J connectivity index is 0.000000973. The number of hydrogen-bond acceptors (Lipinski definition) is 11. The van der Waals surface area contributed by atoms with Crippen LogP contribution in [0.2, 0.25) is 0 Å². The quantitative estimate of drug-likeness (QED) is 0.0923. The molecular formula is C45H57NO8S4. The van der Waals surface area contributed by atoms with Crippen LogP contribution in [-0.2, 0) is 31.2 Å². The van der Waals surface area contributed by atoms with Gasteiger partial charge in [-0.25, -0.2) is 0 Å². The minimum absolute atomic E-state index is 0.118. The summed E-state index contributed by atoms with van der Waals surface area (Å²) < 4.78 is 6.47. The second-order valence-corrected chi connectivity index (χ2v) is 22.6. The van der Waals surface area contributed by atoms with Crippen LogP contribution in [0, 0.1) is 0 Å². The van der Waals surface area contributed by atoms with Gasteiger partial charge in [-0.1, -0.05) is 130 Å². The molecule has 9 nitrogen and oxygen atoms in total. The third kappa shape index (κ3) is 11.8. The number of aliphatic carboxylic acids is 2. The molecule has 13 heteroatoms. The molecule has 1 aliphatic rings. The van der Waals surface area contributed by atoms with Crippen molar-refractivity contribution in [1.82, 2.24) is 0 Å². The van der Waals surface area contributed by atoms with Crippen LogP contribution in [0.5, 0.6) is 23.0 Å². The van der Waals surface area contributed by atoms with Crippen molar-refractivity contribution in [3.63, 3.8) is 0 Å². The van der Waals surface area contributed by atoms with Crippen LogP contribution < -0.4 is 10.5 Å². The molecule has 4 aromatic rings. The first-order valence-electron chi connectivity index (χ1n) is 18.9. The summed E-state index contributed by atoms with van der Waals surface area (Å²) in [6.45, 7) is 26.6. The molecule has 0 saturated carbocycles. The van der Waals surface area contributed by atoms with Crippen LogP contribution in [0.15, 0.2) is 87.7 Å². The Morgan fingerprint density at radius 3 is 0.897 bits per heavy atom. The zero-order valence-corrected chi connectivity index (χ0v) is 38.7. The second-order valence-electron chi connectivity index (χ2n) is 18.3. The Bertz CT molecular complexity index is 2060. The average molecular weight is 868 g/mol. The lowest BCUT2D eigenvalue weighted by Gasteiger charge is -2.27. The van der Waals surface area contributed by atoms with Gasteiger partial charge in [0.1, 0.15) is 36.0 Å². The number of ether oxygens (including phenoxy) is 1. The van der Waals surface area contributed by atoms with E-state index in [0.717, 1.165) is 32.0 Å². The zero-order chi connectivity index (χ0) is 43.7. The highest BCUT2D eigenvalue weighted by molar-refractivity contribution is 8.01. The summed E-state index contributed by atoms with van der Waals surface area (Å²) in [5, 5.41) is 51.4. The molecule has 1 heterocycles. The molecule has 8 bridgehead atoms. The first kappa shape index (κ1) is 47.1. The predicted octanol–water partition coefficient (Wildman–Crippen LogP) is 11.8. The Labute approximate surface area is 360 Å². The van der Waals surface area contributed by atoms with Crippen molar-refractivity contribution in [2.75, 3.05) is 13.2 Å². The summed E-state index contributed by atoms with van der Waals surface area (Å²) >= 11 is 5.66. The van der Waals surface area contributed by atoms with Crippen LogP contribution in [-0.4, -0.2) is 50.6 Å². The number of fused-ring (bicyclic) bond motifs is 8. The number of carboxylic acid groups (broad SMARTS) is 2. The average Bonchev–Trinajstić information content (AvgIpc) is 3.06. The van der Waals surface area contributed by atoms with Crippen LogP contribution in [0.4, 0.5) is 0 Å². The maximum atomic E-state index is 12.0. The van der Waals surface area contributed by atoms with Crippen LogP contribution >= 0.6 is 47.0 Å². The Kier molecular flexibility index (Phi) is 14.5. The molecule has 0 aromatic heterocycles. The molecule has 58 heavy (non-hydrogen) atoms. The maximum Gasteiger partial charge on any atom is 0.314 e. The molecule has 1 aliphatic heterocycles. The van der Waals surface area contributed by atoms with Gasteiger partial charge in [0.25, 0.3) is 0 Å². The molecule has 7 N–H and O–H groups in total. The van der Waals surface area contributed by atoms with Gasteiger partial charge in [-0.2, -0.15) is 0 Å². The molecule has 0 saturated heterocycles. The van der Waals surface area contributed by atoms with Crippen LogP contribution in [0.3, 0.4) is 0 Å². The third-order valence-electron chi connectivity index (χ3n) is 9.15. The molecule has 0 spiro atoms. The lowest BCUT2D eigenvalue weighted by atomic mass is 9.87. The van der Waals surface area contributed by atoms with Gasteiger partial charge < -0.3 is 36.0 Å². The van der Waals surface area contributed by atoms with E-state index < -0.39 is 18.4 Å². The Morgan fingerprint density at radius 1 is 0.483 bits per heavy atom. The zero-order valence-electron chi connectivity index (χ0n) is 35.4. The smallest absolute Gasteiger partial charge is 0.314 e. The highest BCUT2D eigenvalue weighted by atomic mass is 32.2. The molecular weight excluding hydrogens is 811 g/mol. The number of carboxylic acids is 2. The predicted molar refractivity (Wildman–Crippen MR) is 236 cm³/mol. The fraction of sp³-hybridized carbons (Fsp3) is 0.422. The first-order chi connectivity index (χ1) is 26.6. The number of carbonyl (C=O) groups is 2. The lowest BCUT2D eigenvalue weighted by Crippen LogP contribution is -2.14. The molecule has 0 radical (unpaired) electrons. The largest absolute Gasteiger partial charge is 0.506 e. The first-order valence-corrected chi connectivity index (χ1v) is 22.2. The minimum atomic E-state index is -1.31. The van der Waals surface area contributed by atoms with Crippen LogP contribution in [0.1, 0.15) is 112 Å². The van der Waals surface area contributed by atoms with Gasteiger partial charge in [-0.3, -0.25) is 9.59 Å². The Morgan fingerprint density at radius 2 is 0.707 bits per heavy atom. The van der Waals surface area contributed by atoms with E-state index in [4.69, 9.17) is 20.7 Å². The van der Waals surface area contributed by atoms with Gasteiger partial charge in [0.05, 0.1) is 39.2 Å². The number of aromatic hydroxyl groups is 3. The number of phenolic OH excluding ortho intramolecular Hbond substituents is 3. The van der Waals surface area contributed by atoms with Gasteiger partial charge in [-0.15, -0.1) is 0 Å². The number of nitrogens with two attached hydrogens (primary N) is 1. The van der Waals surface area contributed by atoms with E-state index in [0.29, 0.717) is 48.3 Å². The summed E-state index contributed by atoms with van der Waals surface area (Å²) in [7, 11) is 0. The number of hydrogen-bond donors (Lipinski definition) is 6. The fourth-order valence-electron chi connectivity index (χ4n) is 5.58. The minimum Gasteiger partial charge on any atom is -0.506 e. The number of phenols is 3. The van der Waals surface area contributed by atoms with Gasteiger partial charge in [0.2, 0.25) is 0 Å². The van der Waals surface area contributed by atoms with E-state index in [-0.39, 0.29) is 38.9 Å². The topological polar surface area (TPSA) is 171 Å². The van der Waals surface area contributed by atoms with Gasteiger partial charge in [0, 0.05) is 6.54 Å². The van der Waals surface area contributed by atoms with E-state index in [9.17, 15) is 24.9 Å². The summed E-state index contributed by atoms with van der Waals surface area (Å²) in [5.41, 5.74) is 9.41. The van der Waals surface area contributed by atoms with E-state index in [1.165, 1.54) is 47.0 Å². The van der Waals surface area contributed by atoms with E-state index in [2.05, 4.69) is 107 Å². The van der Waals surface area contributed by atoms with Crippen molar-refractivity contribution in [1.29, 1.82) is 0 Å². The summed E-state index contributed by atoms with van der Waals surface area (Å²) in [6, 6.07) is 16.5. The molecule has 0 aliphatic carbocycles. The van der Waals surface area contributed by atoms with Crippen molar-refractivity contribution in [3.05, 3.63) is 70.8 Å². The van der Waals surface area contributed by atoms with E-state index in [1.807, 2.05) is 24.3 Å². The summed E-state index contributed by atoms with van der Waals surface area (Å²) in [4.78, 5) is 24.5. The summed E-state index contributed by atoms with van der Waals surface area (Å²) in [5.74, 6) is -1.54. The lowest BCUT2D eigenvalue weighted by molar-refractivity contribution is -0.147. The molecule has 4 aromatic carbocycles. The monoisotopic (exact) mass is 867 g/mol. The molecule has 0 atom stereocenters. The van der Waals surface area contributed by atoms with Crippen molar-refractivity contribution in [2.24, 2.45) is 5.73 Å². The SMILES string of the molecule is CC(C)(C)c1cc2c(O)c(c1)Sc1cc(C(C)(C)C)cc(c1O)Sc1cc(C(C)(C)C)cc(c1OCCN)Sc1cc(C(C)(C)C)cc(c1O)S2.O=C(O)CC(=O)O. The van der Waals surface area contributed by atoms with Gasteiger partial charge >= 0.3 is 11.9 Å². The molecule has 314 valence electrons. The third-order valence-corrected chi connectivity index (χ3v) is 13.4. The maximum absolute atomic E-state index is 12.0. The molecule has 0 fully saturated rings. The number of rotatable bonds is 5. The van der Waals surface area contributed by atoms with Crippen molar-refractivity contribution in [3.8, 4) is 23.0 Å². The summed E-state index contributed by atoms with van der Waals surface area (Å²) in [6.07, 6.45) is -0.806. The standard InChI is InChI=1S/C42H53NO4S4.C3H4O4/c1-39(2,3)23-15-27-35(44)28(16-23)49-30-18-25(41(7,8)9)20-32(37(30)46)51-34-22-26(42(10,11)12)21-33(38(34)47-14-13-43)50-31-19-24(40(4,5)6)17-29(48-27)36(31)45;4-2(5)1-3(6)7/h15-22,44-46H,13-14,43H2,1-12H3;1H2,(H,4,5)(H,6,7).